The van der Waals surface area contributed by atoms with E-state index in [1.54, 1.807) is 28.8 Å². The highest BCUT2D eigenvalue weighted by atomic mass is 35.5. The summed E-state index contributed by atoms with van der Waals surface area (Å²) in [4.78, 5) is 0.144. The molecule has 4 rings (SSSR count). The van der Waals surface area contributed by atoms with E-state index in [0.717, 1.165) is 11.3 Å². The second-order valence-corrected chi connectivity index (χ2v) is 7.61. The summed E-state index contributed by atoms with van der Waals surface area (Å²) in [5.74, 6) is 0. The van der Waals surface area contributed by atoms with Crippen LogP contribution in [0.2, 0.25) is 5.02 Å². The van der Waals surface area contributed by atoms with Gasteiger partial charge in [0.15, 0.2) is 5.65 Å². The Hall–Kier alpha value is -2.97. The molecule has 0 aliphatic heterocycles. The number of anilines is 1. The second kappa shape index (κ2) is 6.40. The number of benzene rings is 2. The summed E-state index contributed by atoms with van der Waals surface area (Å²) in [6.45, 7) is 0. The number of aromatic nitrogens is 4. The normalized spacial score (nSPS) is 11.6. The fourth-order valence-electron chi connectivity index (χ4n) is 2.42. The van der Waals surface area contributed by atoms with E-state index in [-0.39, 0.29) is 4.90 Å². The van der Waals surface area contributed by atoms with Crippen LogP contribution in [-0.4, -0.2) is 28.2 Å². The molecule has 7 nitrogen and oxygen atoms in total. The maximum Gasteiger partial charge on any atom is 0.261 e. The average Bonchev–Trinajstić information content (AvgIpc) is 3.10. The van der Waals surface area contributed by atoms with Crippen molar-refractivity contribution in [3.8, 4) is 11.3 Å². The molecule has 0 amide bonds. The molecule has 0 aliphatic rings. The van der Waals surface area contributed by atoms with E-state index in [9.17, 15) is 8.42 Å². The largest absolute Gasteiger partial charge is 0.280 e. The van der Waals surface area contributed by atoms with Crippen molar-refractivity contribution in [1.29, 1.82) is 0 Å². The van der Waals surface area contributed by atoms with Gasteiger partial charge in [-0.3, -0.25) is 4.72 Å². The molecule has 0 unspecified atom stereocenters. The number of halogens is 1. The molecule has 2 aromatic heterocycles. The van der Waals surface area contributed by atoms with Crippen molar-refractivity contribution in [2.75, 3.05) is 4.72 Å². The fourth-order valence-corrected chi connectivity index (χ4v) is 3.60. The lowest BCUT2D eigenvalue weighted by Crippen LogP contribution is -2.12. The predicted octanol–water partition coefficient (Wildman–Crippen LogP) is 3.25. The van der Waals surface area contributed by atoms with E-state index in [4.69, 9.17) is 11.6 Å². The van der Waals surface area contributed by atoms with Crippen LogP contribution in [-0.2, 0) is 10.0 Å². The van der Waals surface area contributed by atoms with Crippen LogP contribution >= 0.6 is 11.6 Å². The molecule has 0 bridgehead atoms. The molecule has 2 heterocycles. The summed E-state index contributed by atoms with van der Waals surface area (Å²) in [6, 6.07) is 16.6. The first kappa shape index (κ1) is 16.5. The molecule has 130 valence electrons. The molecule has 0 saturated heterocycles. The zero-order chi connectivity index (χ0) is 18.1. The molecular formula is C17H12ClN5O2S. The summed E-state index contributed by atoms with van der Waals surface area (Å²) < 4.78 is 28.9. The lowest BCUT2D eigenvalue weighted by atomic mass is 10.1. The van der Waals surface area contributed by atoms with Crippen molar-refractivity contribution >= 4 is 33.0 Å². The number of fused-ring (bicyclic) bond motifs is 1. The summed E-state index contributed by atoms with van der Waals surface area (Å²) in [6.07, 6.45) is 1.52. The van der Waals surface area contributed by atoms with Crippen LogP contribution in [0.4, 0.5) is 5.69 Å². The van der Waals surface area contributed by atoms with Gasteiger partial charge in [0.1, 0.15) is 6.33 Å². The Morgan fingerprint density at radius 1 is 0.923 bits per heavy atom. The van der Waals surface area contributed by atoms with Gasteiger partial charge >= 0.3 is 0 Å². The van der Waals surface area contributed by atoms with Gasteiger partial charge in [-0.05, 0) is 48.5 Å². The number of rotatable bonds is 4. The second-order valence-electron chi connectivity index (χ2n) is 5.49. The van der Waals surface area contributed by atoms with Gasteiger partial charge in [0.2, 0.25) is 0 Å². The molecule has 2 aromatic carbocycles. The molecular weight excluding hydrogens is 374 g/mol. The van der Waals surface area contributed by atoms with Crippen LogP contribution in [0.1, 0.15) is 0 Å². The fraction of sp³-hybridized carbons (Fsp3) is 0. The summed E-state index contributed by atoms with van der Waals surface area (Å²) in [5, 5.41) is 12.6. The molecule has 26 heavy (non-hydrogen) atoms. The minimum atomic E-state index is -3.67. The van der Waals surface area contributed by atoms with Crippen LogP contribution in [0, 0.1) is 0 Å². The highest BCUT2D eigenvalue weighted by Crippen LogP contribution is 2.22. The van der Waals surface area contributed by atoms with Gasteiger partial charge in [0.25, 0.3) is 10.0 Å². The molecule has 0 saturated carbocycles. The van der Waals surface area contributed by atoms with E-state index in [1.807, 2.05) is 12.1 Å². The number of hydrogen-bond acceptors (Lipinski definition) is 5. The van der Waals surface area contributed by atoms with E-state index < -0.39 is 10.0 Å². The molecule has 0 spiro atoms. The van der Waals surface area contributed by atoms with Crippen LogP contribution in [0.3, 0.4) is 0 Å². The molecule has 1 N–H and O–H groups in total. The molecule has 0 atom stereocenters. The van der Waals surface area contributed by atoms with Gasteiger partial charge < -0.3 is 0 Å². The molecule has 4 aromatic rings. The van der Waals surface area contributed by atoms with E-state index in [2.05, 4.69) is 20.0 Å². The standard InChI is InChI=1S/C17H12ClN5O2S/c18-13-3-7-15(8-4-13)26(24,25)22-14-5-1-12(2-6-14)16-9-10-17-20-19-11-23(17)21-16/h1-11,22H. The third-order valence-corrected chi connectivity index (χ3v) is 5.37. The van der Waals surface area contributed by atoms with Gasteiger partial charge in [-0.25, -0.2) is 8.42 Å². The van der Waals surface area contributed by atoms with E-state index in [0.29, 0.717) is 16.4 Å². The number of nitrogens with one attached hydrogen (secondary N) is 1. The maximum atomic E-state index is 12.4. The van der Waals surface area contributed by atoms with Gasteiger partial charge in [-0.2, -0.15) is 9.61 Å². The maximum absolute atomic E-state index is 12.4. The van der Waals surface area contributed by atoms with Gasteiger partial charge in [0, 0.05) is 16.3 Å². The zero-order valence-corrected chi connectivity index (χ0v) is 14.8. The molecule has 0 radical (unpaired) electrons. The minimum Gasteiger partial charge on any atom is -0.280 e. The first-order chi connectivity index (χ1) is 12.5. The topological polar surface area (TPSA) is 89.2 Å². The number of sulfonamides is 1. The number of hydrogen-bond donors (Lipinski definition) is 1. The Balaban J connectivity index is 1.58. The predicted molar refractivity (Wildman–Crippen MR) is 98.5 cm³/mol. The Labute approximate surface area is 154 Å². The van der Waals surface area contributed by atoms with Crippen molar-refractivity contribution < 1.29 is 8.42 Å². The SMILES string of the molecule is O=S(=O)(Nc1ccc(-c2ccc3nncn3n2)cc1)c1ccc(Cl)cc1. The Morgan fingerprint density at radius 2 is 1.65 bits per heavy atom. The summed E-state index contributed by atoms with van der Waals surface area (Å²) in [5.41, 5.74) is 2.68. The van der Waals surface area contributed by atoms with Gasteiger partial charge in [0.05, 0.1) is 10.6 Å². The van der Waals surface area contributed by atoms with Crippen molar-refractivity contribution in [1.82, 2.24) is 19.8 Å². The smallest absolute Gasteiger partial charge is 0.261 e. The first-order valence-corrected chi connectivity index (χ1v) is 9.43. The van der Waals surface area contributed by atoms with Crippen LogP contribution < -0.4 is 4.72 Å². The highest BCUT2D eigenvalue weighted by molar-refractivity contribution is 7.92. The molecule has 0 aliphatic carbocycles. The number of nitrogens with zero attached hydrogens (tertiary/aromatic N) is 4. The van der Waals surface area contributed by atoms with Crippen molar-refractivity contribution in [2.24, 2.45) is 0 Å². The minimum absolute atomic E-state index is 0.144. The average molecular weight is 386 g/mol. The van der Waals surface area contributed by atoms with Crippen LogP contribution in [0.25, 0.3) is 16.9 Å². The van der Waals surface area contributed by atoms with Crippen molar-refractivity contribution in [3.05, 3.63) is 72.0 Å². The quantitative estimate of drug-likeness (QED) is 0.582. The van der Waals surface area contributed by atoms with Crippen LogP contribution in [0.15, 0.2) is 71.9 Å². The summed E-state index contributed by atoms with van der Waals surface area (Å²) in [7, 11) is -3.67. The molecule has 0 fully saturated rings. The Kier molecular flexibility index (Phi) is 4.06. The molecule has 9 heteroatoms. The third kappa shape index (κ3) is 3.24. The highest BCUT2D eigenvalue weighted by Gasteiger charge is 2.14. The Morgan fingerprint density at radius 3 is 2.38 bits per heavy atom. The monoisotopic (exact) mass is 385 g/mol. The zero-order valence-electron chi connectivity index (χ0n) is 13.2. The first-order valence-electron chi connectivity index (χ1n) is 7.57. The third-order valence-electron chi connectivity index (χ3n) is 3.72. The Bertz CT molecular complexity index is 1170. The lowest BCUT2D eigenvalue weighted by Gasteiger charge is -2.09. The van der Waals surface area contributed by atoms with E-state index in [1.165, 1.54) is 30.6 Å². The summed E-state index contributed by atoms with van der Waals surface area (Å²) >= 11 is 5.80. The van der Waals surface area contributed by atoms with Crippen molar-refractivity contribution in [3.63, 3.8) is 0 Å². The van der Waals surface area contributed by atoms with Crippen molar-refractivity contribution in [2.45, 2.75) is 4.90 Å². The van der Waals surface area contributed by atoms with E-state index >= 15 is 0 Å². The van der Waals surface area contributed by atoms with Gasteiger partial charge in [-0.15, -0.1) is 10.2 Å². The van der Waals surface area contributed by atoms with Gasteiger partial charge in [-0.1, -0.05) is 23.7 Å². The lowest BCUT2D eigenvalue weighted by molar-refractivity contribution is 0.601. The van der Waals surface area contributed by atoms with Crippen LogP contribution in [0.5, 0.6) is 0 Å².